The van der Waals surface area contributed by atoms with E-state index in [0.717, 1.165) is 40.7 Å². The minimum atomic E-state index is -3.41. The summed E-state index contributed by atoms with van der Waals surface area (Å²) in [5.41, 5.74) is 3.48. The van der Waals surface area contributed by atoms with Crippen molar-refractivity contribution < 1.29 is 13.2 Å². The summed E-state index contributed by atoms with van der Waals surface area (Å²) in [6, 6.07) is 10.4. The Balaban J connectivity index is 2.04. The van der Waals surface area contributed by atoms with Gasteiger partial charge in [-0.15, -0.1) is 0 Å². The normalized spacial score (nSPS) is 11.9. The number of anilines is 1. The predicted molar refractivity (Wildman–Crippen MR) is 128 cm³/mol. The molecule has 8 heteroatoms. The number of hydrogen-bond acceptors (Lipinski definition) is 6. The molecule has 0 bridgehead atoms. The Labute approximate surface area is 188 Å². The number of carbonyl (C=O) groups excluding carboxylic acids is 1. The largest absolute Gasteiger partial charge is 0.302 e. The van der Waals surface area contributed by atoms with Gasteiger partial charge in [0.25, 0.3) is 5.91 Å². The first-order valence-corrected chi connectivity index (χ1v) is 13.1. The Kier molecular flexibility index (Phi) is 7.13. The molecule has 1 amide bonds. The number of nitrogens with zero attached hydrogens (tertiary/aromatic N) is 3. The third-order valence-electron chi connectivity index (χ3n) is 5.33. The fraction of sp³-hybridized carbons (Fsp3) is 0.391. The molecule has 0 spiro atoms. The van der Waals surface area contributed by atoms with Crippen molar-refractivity contribution in [1.29, 1.82) is 0 Å². The summed E-state index contributed by atoms with van der Waals surface area (Å²) in [7, 11) is -3.41. The van der Waals surface area contributed by atoms with Crippen molar-refractivity contribution in [2.24, 2.45) is 0 Å². The number of carbonyl (C=O) groups is 1. The van der Waals surface area contributed by atoms with Crippen LogP contribution in [0, 0.1) is 13.8 Å². The average molecular weight is 460 g/mol. The molecule has 3 aromatic rings. The molecule has 0 fully saturated rings. The van der Waals surface area contributed by atoms with E-state index in [2.05, 4.69) is 31.7 Å². The van der Waals surface area contributed by atoms with E-state index >= 15 is 0 Å². The van der Waals surface area contributed by atoms with Gasteiger partial charge in [0.15, 0.2) is 15.0 Å². The van der Waals surface area contributed by atoms with Gasteiger partial charge in [-0.3, -0.25) is 9.69 Å². The lowest BCUT2D eigenvalue weighted by Crippen LogP contribution is -2.38. The van der Waals surface area contributed by atoms with Crippen molar-refractivity contribution in [3.8, 4) is 0 Å². The van der Waals surface area contributed by atoms with Crippen molar-refractivity contribution in [2.45, 2.75) is 32.6 Å². The molecule has 0 unspecified atom stereocenters. The average Bonchev–Trinajstić information content (AvgIpc) is 3.14. The molecule has 2 aromatic carbocycles. The van der Waals surface area contributed by atoms with E-state index in [4.69, 9.17) is 4.98 Å². The van der Waals surface area contributed by atoms with E-state index in [1.807, 2.05) is 13.0 Å². The maximum absolute atomic E-state index is 13.5. The highest BCUT2D eigenvalue weighted by Crippen LogP contribution is 2.33. The van der Waals surface area contributed by atoms with Gasteiger partial charge in [0.1, 0.15) is 0 Å². The number of rotatable bonds is 8. The Hall–Kier alpha value is -2.29. The Morgan fingerprint density at radius 1 is 1.06 bits per heavy atom. The van der Waals surface area contributed by atoms with E-state index < -0.39 is 9.84 Å². The highest BCUT2D eigenvalue weighted by atomic mass is 32.2. The SMILES string of the molecule is CCN(CC)CCN(C(=O)c1cccc(S(C)(=O)=O)c1)c1nc2cc(C)cc(C)c2s1. The zero-order chi connectivity index (χ0) is 22.8. The second-order valence-corrected chi connectivity index (χ2v) is 10.7. The van der Waals surface area contributed by atoms with Crippen molar-refractivity contribution in [1.82, 2.24) is 9.88 Å². The first-order valence-electron chi connectivity index (χ1n) is 10.4. The minimum Gasteiger partial charge on any atom is -0.302 e. The summed E-state index contributed by atoms with van der Waals surface area (Å²) in [6.45, 7) is 11.2. The van der Waals surface area contributed by atoms with E-state index in [9.17, 15) is 13.2 Å². The number of sulfone groups is 1. The van der Waals surface area contributed by atoms with E-state index in [-0.39, 0.29) is 10.8 Å². The van der Waals surface area contributed by atoms with Gasteiger partial charge in [-0.2, -0.15) is 0 Å². The van der Waals surface area contributed by atoms with Gasteiger partial charge in [0, 0.05) is 24.9 Å². The molecule has 0 atom stereocenters. The lowest BCUT2D eigenvalue weighted by molar-refractivity contribution is 0.0983. The van der Waals surface area contributed by atoms with E-state index in [1.54, 1.807) is 17.0 Å². The maximum atomic E-state index is 13.5. The van der Waals surface area contributed by atoms with Crippen LogP contribution in [0.1, 0.15) is 35.3 Å². The summed E-state index contributed by atoms with van der Waals surface area (Å²) < 4.78 is 25.0. The Morgan fingerprint density at radius 3 is 2.42 bits per heavy atom. The molecule has 0 radical (unpaired) electrons. The summed E-state index contributed by atoms with van der Waals surface area (Å²) in [5.74, 6) is -0.244. The molecule has 0 aliphatic heterocycles. The fourth-order valence-corrected chi connectivity index (χ4v) is 5.27. The first-order chi connectivity index (χ1) is 14.6. The topological polar surface area (TPSA) is 70.6 Å². The molecule has 0 aliphatic rings. The maximum Gasteiger partial charge on any atom is 0.260 e. The van der Waals surface area contributed by atoms with Crippen LogP contribution in [0.5, 0.6) is 0 Å². The van der Waals surface area contributed by atoms with E-state index in [0.29, 0.717) is 23.8 Å². The van der Waals surface area contributed by atoms with Gasteiger partial charge in [0.05, 0.1) is 15.1 Å². The summed E-state index contributed by atoms with van der Waals surface area (Å²) >= 11 is 1.50. The van der Waals surface area contributed by atoms with Crippen LogP contribution >= 0.6 is 11.3 Å². The third-order valence-corrected chi connectivity index (χ3v) is 7.67. The Morgan fingerprint density at radius 2 is 1.77 bits per heavy atom. The van der Waals surface area contributed by atoms with Crippen LogP contribution in [0.2, 0.25) is 0 Å². The number of hydrogen-bond donors (Lipinski definition) is 0. The molecule has 0 N–H and O–H groups in total. The summed E-state index contributed by atoms with van der Waals surface area (Å²) in [5, 5.41) is 0.630. The van der Waals surface area contributed by atoms with Crippen molar-refractivity contribution in [2.75, 3.05) is 37.3 Å². The van der Waals surface area contributed by atoms with Crippen molar-refractivity contribution >= 4 is 42.4 Å². The molecule has 1 aromatic heterocycles. The highest BCUT2D eigenvalue weighted by Gasteiger charge is 2.23. The number of amides is 1. The monoisotopic (exact) mass is 459 g/mol. The van der Waals surface area contributed by atoms with Crippen LogP contribution in [0.3, 0.4) is 0 Å². The van der Waals surface area contributed by atoms with Crippen LogP contribution in [-0.4, -0.2) is 56.6 Å². The van der Waals surface area contributed by atoms with Gasteiger partial charge in [-0.25, -0.2) is 13.4 Å². The van der Waals surface area contributed by atoms with Crippen molar-refractivity contribution in [3.63, 3.8) is 0 Å². The highest BCUT2D eigenvalue weighted by molar-refractivity contribution is 7.90. The molecular weight excluding hydrogens is 430 g/mol. The number of aromatic nitrogens is 1. The van der Waals surface area contributed by atoms with Gasteiger partial charge in [0.2, 0.25) is 0 Å². The molecular formula is C23H29N3O3S2. The van der Waals surface area contributed by atoms with Crippen LogP contribution in [0.15, 0.2) is 41.3 Å². The zero-order valence-corrected chi connectivity index (χ0v) is 20.3. The van der Waals surface area contributed by atoms with Crippen LogP contribution in [0.4, 0.5) is 5.13 Å². The quantitative estimate of drug-likeness (QED) is 0.502. The number of thiazole rings is 1. The standard InChI is InChI=1S/C23H29N3O3S2/c1-6-25(7-2)11-12-26(22(27)18-9-8-10-19(15-18)31(5,28)29)23-24-20-14-16(3)13-17(4)21(20)30-23/h8-10,13-15H,6-7,11-12H2,1-5H3. The molecule has 166 valence electrons. The summed E-state index contributed by atoms with van der Waals surface area (Å²) in [4.78, 5) is 22.4. The number of benzene rings is 2. The molecule has 31 heavy (non-hydrogen) atoms. The van der Waals surface area contributed by atoms with Gasteiger partial charge in [-0.05, 0) is 62.3 Å². The third kappa shape index (κ3) is 5.31. The molecule has 0 aliphatic carbocycles. The van der Waals surface area contributed by atoms with Crippen LogP contribution in [0.25, 0.3) is 10.2 Å². The number of fused-ring (bicyclic) bond motifs is 1. The molecule has 3 rings (SSSR count). The van der Waals surface area contributed by atoms with E-state index in [1.165, 1.54) is 23.5 Å². The number of likely N-dealkylation sites (N-methyl/N-ethyl adjacent to an activating group) is 1. The second-order valence-electron chi connectivity index (χ2n) is 7.71. The number of aryl methyl sites for hydroxylation is 2. The lowest BCUT2D eigenvalue weighted by atomic mass is 10.1. The minimum absolute atomic E-state index is 0.137. The lowest BCUT2D eigenvalue weighted by Gasteiger charge is -2.25. The molecule has 0 saturated heterocycles. The fourth-order valence-electron chi connectivity index (χ4n) is 3.56. The van der Waals surface area contributed by atoms with Gasteiger partial charge >= 0.3 is 0 Å². The van der Waals surface area contributed by atoms with Gasteiger partial charge < -0.3 is 4.90 Å². The second kappa shape index (κ2) is 9.46. The first kappa shape index (κ1) is 23.4. The van der Waals surface area contributed by atoms with Crippen molar-refractivity contribution in [3.05, 3.63) is 53.1 Å². The molecule has 0 saturated carbocycles. The van der Waals surface area contributed by atoms with Crippen LogP contribution in [-0.2, 0) is 9.84 Å². The Bertz CT molecular complexity index is 1200. The van der Waals surface area contributed by atoms with Gasteiger partial charge in [-0.1, -0.05) is 37.3 Å². The predicted octanol–water partition coefficient (Wildman–Crippen LogP) is 4.31. The molecule has 1 heterocycles. The molecule has 6 nitrogen and oxygen atoms in total. The smallest absolute Gasteiger partial charge is 0.260 e. The summed E-state index contributed by atoms with van der Waals surface area (Å²) in [6.07, 6.45) is 1.15. The zero-order valence-electron chi connectivity index (χ0n) is 18.7. The van der Waals surface area contributed by atoms with Crippen LogP contribution < -0.4 is 4.90 Å².